The third-order valence-electron chi connectivity index (χ3n) is 3.14. The summed E-state index contributed by atoms with van der Waals surface area (Å²) in [6.07, 6.45) is 3.09. The molecule has 0 bridgehead atoms. The van der Waals surface area contributed by atoms with Gasteiger partial charge in [-0.05, 0) is 32.9 Å². The van der Waals surface area contributed by atoms with E-state index in [1.807, 2.05) is 20.8 Å². The van der Waals surface area contributed by atoms with Crippen molar-refractivity contribution < 1.29 is 17.2 Å². The number of rotatable bonds is 4. The molecular weight excluding hydrogens is 310 g/mol. The molecule has 0 saturated carbocycles. The summed E-state index contributed by atoms with van der Waals surface area (Å²) in [5.74, 6) is -2.69. The average molecular weight is 328 g/mol. The molecule has 120 valence electrons. The molecule has 1 heterocycles. The van der Waals surface area contributed by atoms with E-state index in [0.717, 1.165) is 12.1 Å². The zero-order valence-electron chi connectivity index (χ0n) is 12.7. The standard InChI is InChI=1S/C15H18F2N2O2S/c1-15(2,3)19-8-11(7-18-19)9-22(20,21)10-12-13(16)5-4-6-14(12)17/h4-8H,9-10H2,1-3H3. The smallest absolute Gasteiger partial charge is 0.158 e. The lowest BCUT2D eigenvalue weighted by atomic mass is 10.1. The van der Waals surface area contributed by atoms with Gasteiger partial charge in [0, 0.05) is 17.3 Å². The number of nitrogens with zero attached hydrogens (tertiary/aromatic N) is 2. The first-order chi connectivity index (χ1) is 10.1. The van der Waals surface area contributed by atoms with E-state index in [9.17, 15) is 17.2 Å². The van der Waals surface area contributed by atoms with E-state index in [-0.39, 0.29) is 11.3 Å². The Morgan fingerprint density at radius 1 is 1.14 bits per heavy atom. The van der Waals surface area contributed by atoms with Gasteiger partial charge in [-0.25, -0.2) is 17.2 Å². The van der Waals surface area contributed by atoms with Crippen LogP contribution in [0.25, 0.3) is 0 Å². The Labute approximate surface area is 128 Å². The molecule has 0 atom stereocenters. The molecular formula is C15H18F2N2O2S. The first-order valence-electron chi connectivity index (χ1n) is 6.76. The van der Waals surface area contributed by atoms with Crippen molar-refractivity contribution in [3.8, 4) is 0 Å². The van der Waals surface area contributed by atoms with Crippen molar-refractivity contribution in [3.05, 3.63) is 53.4 Å². The van der Waals surface area contributed by atoms with Crippen LogP contribution in [-0.2, 0) is 26.9 Å². The molecule has 0 unspecified atom stereocenters. The van der Waals surface area contributed by atoms with E-state index < -0.39 is 32.8 Å². The van der Waals surface area contributed by atoms with Gasteiger partial charge in [0.2, 0.25) is 0 Å². The van der Waals surface area contributed by atoms with Crippen molar-refractivity contribution in [1.82, 2.24) is 9.78 Å². The molecule has 1 aromatic carbocycles. The van der Waals surface area contributed by atoms with Gasteiger partial charge in [0.05, 0.1) is 23.2 Å². The maximum absolute atomic E-state index is 13.6. The fraction of sp³-hybridized carbons (Fsp3) is 0.400. The fourth-order valence-corrected chi connectivity index (χ4v) is 3.47. The third-order valence-corrected chi connectivity index (χ3v) is 4.64. The number of halogens is 2. The van der Waals surface area contributed by atoms with Gasteiger partial charge < -0.3 is 0 Å². The summed E-state index contributed by atoms with van der Waals surface area (Å²) in [4.78, 5) is 0. The molecule has 7 heteroatoms. The lowest BCUT2D eigenvalue weighted by molar-refractivity contribution is 0.355. The Morgan fingerprint density at radius 3 is 2.23 bits per heavy atom. The highest BCUT2D eigenvalue weighted by Crippen LogP contribution is 2.19. The van der Waals surface area contributed by atoms with Crippen LogP contribution in [0.5, 0.6) is 0 Å². The van der Waals surface area contributed by atoms with Crippen LogP contribution in [0, 0.1) is 11.6 Å². The Bertz CT molecular complexity index is 757. The summed E-state index contributed by atoms with van der Waals surface area (Å²) in [6.45, 7) is 5.81. The van der Waals surface area contributed by atoms with Gasteiger partial charge in [0.15, 0.2) is 9.84 Å². The predicted octanol–water partition coefficient (Wildman–Crippen LogP) is 3.03. The van der Waals surface area contributed by atoms with Gasteiger partial charge in [0.25, 0.3) is 0 Å². The summed E-state index contributed by atoms with van der Waals surface area (Å²) in [6, 6.07) is 3.30. The molecule has 2 aromatic rings. The summed E-state index contributed by atoms with van der Waals surface area (Å²) in [7, 11) is -3.70. The van der Waals surface area contributed by atoms with Crippen molar-refractivity contribution in [3.63, 3.8) is 0 Å². The second-order valence-corrected chi connectivity index (χ2v) is 8.26. The average Bonchev–Trinajstić information content (AvgIpc) is 2.81. The normalized spacial score (nSPS) is 12.6. The molecule has 0 N–H and O–H groups in total. The minimum absolute atomic E-state index is 0.264. The lowest BCUT2D eigenvalue weighted by Crippen LogP contribution is -2.22. The van der Waals surface area contributed by atoms with E-state index in [0.29, 0.717) is 5.56 Å². The molecule has 0 amide bonds. The molecule has 4 nitrogen and oxygen atoms in total. The number of hydrogen-bond acceptors (Lipinski definition) is 3. The molecule has 0 spiro atoms. The first-order valence-corrected chi connectivity index (χ1v) is 8.58. The molecule has 22 heavy (non-hydrogen) atoms. The summed E-state index contributed by atoms with van der Waals surface area (Å²) >= 11 is 0. The molecule has 0 aliphatic carbocycles. The van der Waals surface area contributed by atoms with Crippen molar-refractivity contribution in [2.75, 3.05) is 0 Å². The first kappa shape index (κ1) is 16.6. The Kier molecular flexibility index (Phi) is 4.37. The van der Waals surface area contributed by atoms with E-state index in [2.05, 4.69) is 5.10 Å². The SMILES string of the molecule is CC(C)(C)n1cc(CS(=O)(=O)Cc2c(F)cccc2F)cn1. The Morgan fingerprint density at radius 2 is 1.73 bits per heavy atom. The summed E-state index contributed by atoms with van der Waals surface area (Å²) < 4.78 is 53.1. The van der Waals surface area contributed by atoms with Crippen LogP contribution in [0.2, 0.25) is 0 Å². The topological polar surface area (TPSA) is 52.0 Å². The predicted molar refractivity (Wildman–Crippen MR) is 79.9 cm³/mol. The molecule has 0 fully saturated rings. The molecule has 0 saturated heterocycles. The summed E-state index contributed by atoms with van der Waals surface area (Å²) in [5, 5.41) is 4.12. The van der Waals surface area contributed by atoms with Crippen LogP contribution in [0.1, 0.15) is 31.9 Å². The van der Waals surface area contributed by atoms with E-state index >= 15 is 0 Å². The number of hydrogen-bond donors (Lipinski definition) is 0. The van der Waals surface area contributed by atoms with Crippen molar-refractivity contribution in [2.45, 2.75) is 37.8 Å². The number of sulfone groups is 1. The van der Waals surface area contributed by atoms with Crippen molar-refractivity contribution >= 4 is 9.84 Å². The quantitative estimate of drug-likeness (QED) is 0.867. The second-order valence-electron chi connectivity index (χ2n) is 6.20. The molecule has 0 aliphatic heterocycles. The van der Waals surface area contributed by atoms with Gasteiger partial charge >= 0.3 is 0 Å². The zero-order valence-corrected chi connectivity index (χ0v) is 13.5. The van der Waals surface area contributed by atoms with Gasteiger partial charge in [-0.2, -0.15) is 5.10 Å². The molecule has 0 aliphatic rings. The van der Waals surface area contributed by atoms with E-state index in [1.165, 1.54) is 12.3 Å². The second kappa shape index (κ2) is 5.79. The van der Waals surface area contributed by atoms with Crippen molar-refractivity contribution in [1.29, 1.82) is 0 Å². The van der Waals surface area contributed by atoms with Crippen LogP contribution >= 0.6 is 0 Å². The maximum Gasteiger partial charge on any atom is 0.158 e. The maximum atomic E-state index is 13.6. The van der Waals surface area contributed by atoms with Crippen LogP contribution in [0.15, 0.2) is 30.6 Å². The minimum atomic E-state index is -3.70. The number of benzene rings is 1. The molecule has 1 aromatic heterocycles. The minimum Gasteiger partial charge on any atom is -0.267 e. The monoisotopic (exact) mass is 328 g/mol. The van der Waals surface area contributed by atoms with Gasteiger partial charge in [-0.3, -0.25) is 4.68 Å². The largest absolute Gasteiger partial charge is 0.267 e. The lowest BCUT2D eigenvalue weighted by Gasteiger charge is -2.18. The Hall–Kier alpha value is -1.76. The Balaban J connectivity index is 2.20. The van der Waals surface area contributed by atoms with E-state index in [1.54, 1.807) is 10.9 Å². The van der Waals surface area contributed by atoms with Crippen molar-refractivity contribution in [2.24, 2.45) is 0 Å². The van der Waals surface area contributed by atoms with Crippen LogP contribution in [0.4, 0.5) is 8.78 Å². The van der Waals surface area contributed by atoms with Crippen LogP contribution in [-0.4, -0.2) is 18.2 Å². The highest BCUT2D eigenvalue weighted by Gasteiger charge is 2.21. The highest BCUT2D eigenvalue weighted by atomic mass is 32.2. The van der Waals surface area contributed by atoms with Gasteiger partial charge in [0.1, 0.15) is 11.6 Å². The van der Waals surface area contributed by atoms with E-state index in [4.69, 9.17) is 0 Å². The van der Waals surface area contributed by atoms with Crippen LogP contribution in [0.3, 0.4) is 0 Å². The molecule has 0 radical (unpaired) electrons. The molecule has 2 rings (SSSR count). The third kappa shape index (κ3) is 3.91. The summed E-state index contributed by atoms with van der Waals surface area (Å²) in [5.41, 5.74) is -0.197. The van der Waals surface area contributed by atoms with Gasteiger partial charge in [-0.1, -0.05) is 6.07 Å². The fourth-order valence-electron chi connectivity index (χ4n) is 2.00. The zero-order chi connectivity index (χ0) is 16.5. The number of aromatic nitrogens is 2. The van der Waals surface area contributed by atoms with Gasteiger partial charge in [-0.15, -0.1) is 0 Å². The van der Waals surface area contributed by atoms with Crippen LogP contribution < -0.4 is 0 Å². The highest BCUT2D eigenvalue weighted by molar-refractivity contribution is 7.89.